The fourth-order valence-corrected chi connectivity index (χ4v) is 3.09. The molecule has 0 saturated carbocycles. The van der Waals surface area contributed by atoms with Crippen molar-refractivity contribution < 1.29 is 29.2 Å². The molecule has 2 amide bonds. The van der Waals surface area contributed by atoms with Crippen molar-refractivity contribution in [2.45, 2.75) is 51.7 Å². The molecular weight excluding hydrogens is 380 g/mol. The molecule has 1 aliphatic rings. The fraction of sp³-hybridized carbons (Fsp3) is 0.579. The average molecular weight is 409 g/mol. The minimum atomic E-state index is -0.692. The normalized spacial score (nSPS) is 16.7. The van der Waals surface area contributed by atoms with Gasteiger partial charge in [-0.2, -0.15) is 0 Å². The molecule has 1 atom stereocenters. The molecule has 2 rings (SSSR count). The van der Waals surface area contributed by atoms with Gasteiger partial charge in [0.1, 0.15) is 11.3 Å². The maximum absolute atomic E-state index is 12.5. The van der Waals surface area contributed by atoms with E-state index in [0.29, 0.717) is 24.5 Å². The number of rotatable bonds is 5. The molecule has 1 saturated heterocycles. The zero-order valence-electron chi connectivity index (χ0n) is 17.2. The number of nitrogens with one attached hydrogen (secondary N) is 2. The number of piperidine rings is 1. The smallest absolute Gasteiger partial charge is 0.411 e. The summed E-state index contributed by atoms with van der Waals surface area (Å²) in [5, 5.41) is 15.0. The van der Waals surface area contributed by atoms with E-state index < -0.39 is 11.7 Å². The van der Waals surface area contributed by atoms with Gasteiger partial charge in [0.15, 0.2) is 0 Å². The third kappa shape index (κ3) is 6.51. The van der Waals surface area contributed by atoms with Gasteiger partial charge in [-0.15, -0.1) is 0 Å². The standard InChI is InChI=1S/C19H28N4O6/c1-19(2,3)29-18(25)22-10-6-5-7-14(22)12-20-15-9-8-13(21-17(24)28-4)11-16(15)23(26)27/h8-9,11,14,20H,5-7,10,12H2,1-4H3,(H-,21,24,26,27)/p+1. The van der Waals surface area contributed by atoms with E-state index in [2.05, 4.69) is 15.4 Å². The Kier molecular flexibility index (Phi) is 7.24. The van der Waals surface area contributed by atoms with Crippen molar-refractivity contribution in [3.05, 3.63) is 23.1 Å². The van der Waals surface area contributed by atoms with Gasteiger partial charge in [0.05, 0.1) is 23.7 Å². The number of amides is 2. The number of benzene rings is 1. The monoisotopic (exact) mass is 409 g/mol. The van der Waals surface area contributed by atoms with E-state index in [4.69, 9.17) is 4.74 Å². The first-order chi connectivity index (χ1) is 13.6. The Morgan fingerprint density at radius 1 is 1.31 bits per heavy atom. The van der Waals surface area contributed by atoms with Crippen molar-refractivity contribution in [3.8, 4) is 0 Å². The molecule has 3 N–H and O–H groups in total. The lowest BCUT2D eigenvalue weighted by Gasteiger charge is -2.36. The number of carbonyl (C=O) groups excluding carboxylic acids is 2. The van der Waals surface area contributed by atoms with Crippen molar-refractivity contribution in [3.63, 3.8) is 0 Å². The first-order valence-corrected chi connectivity index (χ1v) is 9.49. The summed E-state index contributed by atoms with van der Waals surface area (Å²) < 4.78 is 10.0. The first kappa shape index (κ1) is 22.3. The molecule has 0 spiro atoms. The van der Waals surface area contributed by atoms with Crippen LogP contribution in [0.5, 0.6) is 0 Å². The molecular formula is C19H29N4O6+. The Morgan fingerprint density at radius 2 is 2.03 bits per heavy atom. The van der Waals surface area contributed by atoms with Gasteiger partial charge in [-0.05, 0) is 52.2 Å². The van der Waals surface area contributed by atoms with Gasteiger partial charge in [0, 0.05) is 19.2 Å². The van der Waals surface area contributed by atoms with Gasteiger partial charge >= 0.3 is 17.9 Å². The highest BCUT2D eigenvalue weighted by atomic mass is 16.6. The number of anilines is 2. The molecule has 10 heteroatoms. The van der Waals surface area contributed by atoms with E-state index in [0.717, 1.165) is 19.3 Å². The van der Waals surface area contributed by atoms with Crippen molar-refractivity contribution >= 4 is 29.2 Å². The third-order valence-corrected chi connectivity index (χ3v) is 4.42. The molecule has 1 unspecified atom stereocenters. The number of hydrogen-bond donors (Lipinski definition) is 3. The van der Waals surface area contributed by atoms with E-state index >= 15 is 0 Å². The SMILES string of the molecule is COC(=O)Nc1ccc(NCC2CCCCN2C(=O)OC(C)(C)C)c([N+](=O)O)c1. The van der Waals surface area contributed by atoms with E-state index in [-0.39, 0.29) is 22.7 Å². The Balaban J connectivity index is 2.10. The molecule has 1 fully saturated rings. The van der Waals surface area contributed by atoms with Gasteiger partial charge in [-0.1, -0.05) is 0 Å². The number of ether oxygens (including phenoxy) is 2. The molecule has 1 aromatic carbocycles. The molecule has 0 radical (unpaired) electrons. The summed E-state index contributed by atoms with van der Waals surface area (Å²) >= 11 is 0. The molecule has 1 aromatic rings. The maximum atomic E-state index is 12.5. The number of nitrogens with zero attached hydrogens (tertiary/aromatic N) is 2. The fourth-order valence-electron chi connectivity index (χ4n) is 3.09. The van der Waals surface area contributed by atoms with Crippen LogP contribution in [0.1, 0.15) is 40.0 Å². The molecule has 1 aliphatic heterocycles. The largest absolute Gasteiger partial charge is 0.453 e. The molecule has 160 valence electrons. The van der Waals surface area contributed by atoms with Crippen LogP contribution in [0.25, 0.3) is 0 Å². The van der Waals surface area contributed by atoms with Crippen LogP contribution in [0.15, 0.2) is 18.2 Å². The van der Waals surface area contributed by atoms with Crippen LogP contribution in [0.3, 0.4) is 0 Å². The summed E-state index contributed by atoms with van der Waals surface area (Å²) in [7, 11) is 1.22. The summed E-state index contributed by atoms with van der Waals surface area (Å²) in [6, 6.07) is 4.33. The quantitative estimate of drug-likeness (QED) is 0.631. The van der Waals surface area contributed by atoms with Gasteiger partial charge in [0.25, 0.3) is 4.92 Å². The lowest BCUT2D eigenvalue weighted by Crippen LogP contribution is -2.48. The summed E-state index contributed by atoms with van der Waals surface area (Å²) in [5.41, 5.74) is 0.00810. The predicted molar refractivity (Wildman–Crippen MR) is 107 cm³/mol. The zero-order chi connectivity index (χ0) is 21.6. The van der Waals surface area contributed by atoms with E-state index in [1.54, 1.807) is 17.0 Å². The molecule has 1 heterocycles. The maximum Gasteiger partial charge on any atom is 0.411 e. The van der Waals surface area contributed by atoms with Gasteiger partial charge in [-0.25, -0.2) is 14.8 Å². The highest BCUT2D eigenvalue weighted by Crippen LogP contribution is 2.29. The van der Waals surface area contributed by atoms with Gasteiger partial charge < -0.3 is 19.7 Å². The minimum Gasteiger partial charge on any atom is -0.453 e. The van der Waals surface area contributed by atoms with Crippen LogP contribution >= 0.6 is 0 Å². The highest BCUT2D eigenvalue weighted by Gasteiger charge is 2.31. The van der Waals surface area contributed by atoms with Crippen LogP contribution in [-0.2, 0) is 9.47 Å². The second-order valence-electron chi connectivity index (χ2n) is 7.83. The summed E-state index contributed by atoms with van der Waals surface area (Å²) in [5.74, 6) is 0. The molecule has 29 heavy (non-hydrogen) atoms. The molecule has 10 nitrogen and oxygen atoms in total. The van der Waals surface area contributed by atoms with Crippen molar-refractivity contribution in [2.24, 2.45) is 0 Å². The topological polar surface area (TPSA) is 120 Å². The minimum absolute atomic E-state index is 0.0708. The number of likely N-dealkylation sites (tertiary alicyclic amines) is 1. The Bertz CT molecular complexity index is 762. The van der Waals surface area contributed by atoms with E-state index in [1.165, 1.54) is 13.2 Å². The van der Waals surface area contributed by atoms with Crippen LogP contribution in [0, 0.1) is 4.91 Å². The van der Waals surface area contributed by atoms with Crippen LogP contribution in [-0.4, -0.2) is 59.1 Å². The number of carbonyl (C=O) groups is 2. The van der Waals surface area contributed by atoms with Crippen LogP contribution in [0.4, 0.5) is 26.7 Å². The number of hydrogen-bond acceptors (Lipinski definition) is 6. The number of methoxy groups -OCH3 is 1. The van der Waals surface area contributed by atoms with Crippen molar-refractivity contribution in [2.75, 3.05) is 30.8 Å². The van der Waals surface area contributed by atoms with Crippen molar-refractivity contribution in [1.82, 2.24) is 4.90 Å². The molecule has 0 bridgehead atoms. The first-order valence-electron chi connectivity index (χ1n) is 9.49. The second-order valence-corrected chi connectivity index (χ2v) is 7.83. The Labute approximate surface area is 169 Å². The molecule has 0 aliphatic carbocycles. The average Bonchev–Trinajstić information content (AvgIpc) is 2.65. The van der Waals surface area contributed by atoms with Crippen LogP contribution in [0.2, 0.25) is 0 Å². The predicted octanol–water partition coefficient (Wildman–Crippen LogP) is 3.87. The van der Waals surface area contributed by atoms with Crippen molar-refractivity contribution in [1.29, 1.82) is 0 Å². The Hall–Kier alpha value is -3.04. The highest BCUT2D eigenvalue weighted by molar-refractivity contribution is 5.86. The summed E-state index contributed by atoms with van der Waals surface area (Å²) in [6.07, 6.45) is 1.62. The van der Waals surface area contributed by atoms with Gasteiger partial charge in [0.2, 0.25) is 0 Å². The van der Waals surface area contributed by atoms with Crippen LogP contribution < -0.4 is 10.6 Å². The lowest BCUT2D eigenvalue weighted by atomic mass is 10.0. The summed E-state index contributed by atoms with van der Waals surface area (Å²) in [4.78, 5) is 36.8. The van der Waals surface area contributed by atoms with Gasteiger partial charge in [-0.3, -0.25) is 5.32 Å². The summed E-state index contributed by atoms with van der Waals surface area (Å²) in [6.45, 7) is 6.45. The molecule has 0 aromatic heterocycles. The third-order valence-electron chi connectivity index (χ3n) is 4.42. The lowest BCUT2D eigenvalue weighted by molar-refractivity contribution is -0.729. The van der Waals surface area contributed by atoms with E-state index in [1.807, 2.05) is 20.8 Å². The zero-order valence-corrected chi connectivity index (χ0v) is 17.2. The Morgan fingerprint density at radius 3 is 2.66 bits per heavy atom. The van der Waals surface area contributed by atoms with E-state index in [9.17, 15) is 19.7 Å². The second kappa shape index (κ2) is 9.44.